The predicted octanol–water partition coefficient (Wildman–Crippen LogP) is -3.26. The van der Waals surface area contributed by atoms with Gasteiger partial charge in [-0.25, -0.2) is 0 Å². The molecular formula is C8H17NO5. The minimum Gasteiger partial charge on any atom is -0.395 e. The van der Waals surface area contributed by atoms with Gasteiger partial charge in [0, 0.05) is 13.1 Å². The molecule has 14 heavy (non-hydrogen) atoms. The average molecular weight is 207 g/mol. The summed E-state index contributed by atoms with van der Waals surface area (Å²) in [6, 6.07) is -0.624. The molecule has 1 fully saturated rings. The Bertz CT molecular complexity index is 179. The van der Waals surface area contributed by atoms with Crippen molar-refractivity contribution in [3.05, 3.63) is 0 Å². The van der Waals surface area contributed by atoms with Crippen molar-refractivity contribution in [2.75, 3.05) is 26.3 Å². The van der Waals surface area contributed by atoms with Gasteiger partial charge in [-0.2, -0.15) is 0 Å². The van der Waals surface area contributed by atoms with Crippen LogP contribution in [0, 0.1) is 0 Å². The van der Waals surface area contributed by atoms with Crippen LogP contribution in [0.3, 0.4) is 0 Å². The molecule has 6 heteroatoms. The van der Waals surface area contributed by atoms with Crippen LogP contribution >= 0.6 is 0 Å². The minimum atomic E-state index is -1.23. The zero-order valence-electron chi connectivity index (χ0n) is 7.82. The van der Waals surface area contributed by atoms with Crippen molar-refractivity contribution in [3.8, 4) is 0 Å². The largest absolute Gasteiger partial charge is 0.395 e. The van der Waals surface area contributed by atoms with Gasteiger partial charge in [-0.1, -0.05) is 0 Å². The van der Waals surface area contributed by atoms with Crippen LogP contribution in [0.2, 0.25) is 0 Å². The molecule has 6 nitrogen and oxygen atoms in total. The van der Waals surface area contributed by atoms with Crippen LogP contribution in [0.25, 0.3) is 0 Å². The van der Waals surface area contributed by atoms with Gasteiger partial charge in [0.25, 0.3) is 0 Å². The zero-order chi connectivity index (χ0) is 10.7. The van der Waals surface area contributed by atoms with Gasteiger partial charge >= 0.3 is 0 Å². The molecule has 0 amide bonds. The van der Waals surface area contributed by atoms with Gasteiger partial charge < -0.3 is 25.5 Å². The number of nitrogens with zero attached hydrogens (tertiary/aromatic N) is 1. The summed E-state index contributed by atoms with van der Waals surface area (Å²) in [6.07, 6.45) is -3.46. The number of hydrogen-bond donors (Lipinski definition) is 5. The first kappa shape index (κ1) is 11.8. The lowest BCUT2D eigenvalue weighted by atomic mass is 9.94. The Hall–Kier alpha value is -0.240. The van der Waals surface area contributed by atoms with Gasteiger partial charge in [-0.15, -0.1) is 0 Å². The molecule has 0 aromatic rings. The highest BCUT2D eigenvalue weighted by molar-refractivity contribution is 4.93. The van der Waals surface area contributed by atoms with Crippen molar-refractivity contribution in [3.63, 3.8) is 0 Å². The van der Waals surface area contributed by atoms with Gasteiger partial charge in [0.2, 0.25) is 0 Å². The van der Waals surface area contributed by atoms with E-state index in [1.807, 2.05) is 0 Å². The summed E-state index contributed by atoms with van der Waals surface area (Å²) in [5.74, 6) is 0. The quantitative estimate of drug-likeness (QED) is 0.333. The van der Waals surface area contributed by atoms with Crippen molar-refractivity contribution >= 4 is 0 Å². The first-order chi connectivity index (χ1) is 6.61. The van der Waals surface area contributed by atoms with E-state index >= 15 is 0 Å². The number of β-amino-alcohol motifs (C(OH)–C–C–N with tert-alkyl or cyclic N) is 2. The lowest BCUT2D eigenvalue weighted by Crippen LogP contribution is -2.62. The summed E-state index contributed by atoms with van der Waals surface area (Å²) in [7, 11) is 0. The van der Waals surface area contributed by atoms with E-state index in [0.717, 1.165) is 0 Å². The number of aliphatic hydroxyl groups excluding tert-OH is 5. The van der Waals surface area contributed by atoms with E-state index in [1.165, 1.54) is 0 Å². The van der Waals surface area contributed by atoms with E-state index in [0.29, 0.717) is 0 Å². The summed E-state index contributed by atoms with van der Waals surface area (Å²) in [4.78, 5) is 1.56. The number of piperidine rings is 1. The maximum absolute atomic E-state index is 9.51. The van der Waals surface area contributed by atoms with E-state index in [-0.39, 0.29) is 26.3 Å². The molecule has 1 unspecified atom stereocenters. The van der Waals surface area contributed by atoms with Crippen molar-refractivity contribution in [1.82, 2.24) is 4.90 Å². The highest BCUT2D eigenvalue weighted by Gasteiger charge is 2.40. The van der Waals surface area contributed by atoms with Gasteiger partial charge in [0.1, 0.15) is 12.2 Å². The van der Waals surface area contributed by atoms with Crippen LogP contribution in [0.15, 0.2) is 0 Å². The second-order valence-electron chi connectivity index (χ2n) is 3.52. The van der Waals surface area contributed by atoms with Crippen LogP contribution in [0.5, 0.6) is 0 Å². The molecule has 84 valence electrons. The fourth-order valence-corrected chi connectivity index (χ4v) is 1.76. The van der Waals surface area contributed by atoms with Crippen LogP contribution in [0.1, 0.15) is 0 Å². The van der Waals surface area contributed by atoms with Crippen molar-refractivity contribution < 1.29 is 25.5 Å². The fraction of sp³-hybridized carbons (Fsp3) is 1.00. The van der Waals surface area contributed by atoms with E-state index in [4.69, 9.17) is 10.2 Å². The smallest absolute Gasteiger partial charge is 0.109 e. The van der Waals surface area contributed by atoms with Crippen molar-refractivity contribution in [1.29, 1.82) is 0 Å². The molecule has 0 bridgehead atoms. The molecule has 1 saturated heterocycles. The molecule has 4 atom stereocenters. The molecule has 1 aliphatic heterocycles. The number of likely N-dealkylation sites (tertiary alicyclic amines) is 1. The topological polar surface area (TPSA) is 104 Å². The van der Waals surface area contributed by atoms with E-state index in [1.54, 1.807) is 4.90 Å². The molecule has 1 rings (SSSR count). The fourth-order valence-electron chi connectivity index (χ4n) is 1.76. The number of aliphatic hydroxyl groups is 5. The Labute approximate surface area is 82.0 Å². The molecule has 5 N–H and O–H groups in total. The Balaban J connectivity index is 2.66. The molecule has 0 saturated carbocycles. The van der Waals surface area contributed by atoms with Gasteiger partial charge in [-0.3, -0.25) is 4.90 Å². The third-order valence-electron chi connectivity index (χ3n) is 2.60. The molecule has 0 spiro atoms. The van der Waals surface area contributed by atoms with Gasteiger partial charge in [0.05, 0.1) is 25.4 Å². The van der Waals surface area contributed by atoms with Crippen LogP contribution in [-0.4, -0.2) is 81.1 Å². The summed E-state index contributed by atoms with van der Waals surface area (Å²) in [6.45, 7) is -0.0347. The summed E-state index contributed by atoms with van der Waals surface area (Å²) in [5, 5.41) is 45.9. The zero-order valence-corrected chi connectivity index (χ0v) is 7.82. The minimum absolute atomic E-state index is 0.119. The van der Waals surface area contributed by atoms with Crippen LogP contribution in [0.4, 0.5) is 0 Å². The van der Waals surface area contributed by atoms with Crippen molar-refractivity contribution in [2.24, 2.45) is 0 Å². The monoisotopic (exact) mass is 207 g/mol. The molecule has 1 heterocycles. The second kappa shape index (κ2) is 5.01. The Morgan fingerprint density at radius 1 is 1.07 bits per heavy atom. The lowest BCUT2D eigenvalue weighted by Gasteiger charge is -2.42. The first-order valence-corrected chi connectivity index (χ1v) is 4.61. The predicted molar refractivity (Wildman–Crippen MR) is 47.6 cm³/mol. The molecule has 0 radical (unpaired) electrons. The van der Waals surface area contributed by atoms with Gasteiger partial charge in [0.15, 0.2) is 0 Å². The number of rotatable bonds is 3. The maximum atomic E-state index is 9.51. The molecule has 1 aliphatic rings. The maximum Gasteiger partial charge on any atom is 0.109 e. The standard InChI is InChI=1S/C8H17NO5/c10-2-1-9-3-6(12)8(14)7(13)5(9)4-11/h5-8,10-14H,1-4H2/t5-,6+,7?,8-/m1/s1. The third-order valence-corrected chi connectivity index (χ3v) is 2.60. The average Bonchev–Trinajstić information content (AvgIpc) is 2.16. The molecule has 0 aromatic carbocycles. The van der Waals surface area contributed by atoms with Crippen LogP contribution in [-0.2, 0) is 0 Å². The Kier molecular flexibility index (Phi) is 4.24. The SMILES string of the molecule is OCCN1C[C@H](O)[C@@H](O)C(O)[C@H]1CO. The first-order valence-electron chi connectivity index (χ1n) is 4.61. The lowest BCUT2D eigenvalue weighted by molar-refractivity contribution is -0.146. The number of hydrogen-bond acceptors (Lipinski definition) is 6. The summed E-state index contributed by atoms with van der Waals surface area (Å²) >= 11 is 0. The van der Waals surface area contributed by atoms with Gasteiger partial charge in [-0.05, 0) is 0 Å². The molecule has 0 aliphatic carbocycles. The summed E-state index contributed by atoms with van der Waals surface area (Å²) in [5.41, 5.74) is 0. The van der Waals surface area contributed by atoms with Crippen molar-refractivity contribution in [2.45, 2.75) is 24.4 Å². The highest BCUT2D eigenvalue weighted by atomic mass is 16.4. The highest BCUT2D eigenvalue weighted by Crippen LogP contribution is 2.18. The second-order valence-corrected chi connectivity index (χ2v) is 3.52. The van der Waals surface area contributed by atoms with Crippen LogP contribution < -0.4 is 0 Å². The Morgan fingerprint density at radius 2 is 1.71 bits per heavy atom. The van der Waals surface area contributed by atoms with E-state index < -0.39 is 24.4 Å². The summed E-state index contributed by atoms with van der Waals surface area (Å²) < 4.78 is 0. The molecule has 0 aromatic heterocycles. The van der Waals surface area contributed by atoms with E-state index in [2.05, 4.69) is 0 Å². The normalized spacial score (nSPS) is 40.1. The third kappa shape index (κ3) is 2.22. The van der Waals surface area contributed by atoms with E-state index in [9.17, 15) is 15.3 Å². The Morgan fingerprint density at radius 3 is 2.21 bits per heavy atom. The molecular weight excluding hydrogens is 190 g/mol.